The molecule has 1 fully saturated rings. The third-order valence-electron chi connectivity index (χ3n) is 11.0. The van der Waals surface area contributed by atoms with Crippen LogP contribution in [-0.2, 0) is 17.3 Å². The van der Waals surface area contributed by atoms with Crippen LogP contribution in [0.15, 0.2) is 103 Å². The molecule has 274 valence electrons. The number of anilines is 3. The first-order valence-electron chi connectivity index (χ1n) is 18.8. The lowest BCUT2D eigenvalue weighted by Gasteiger charge is -2.45. The van der Waals surface area contributed by atoms with E-state index in [0.717, 1.165) is 77.6 Å². The Morgan fingerprint density at radius 3 is 2.33 bits per heavy atom. The Morgan fingerprint density at radius 1 is 0.963 bits per heavy atom. The van der Waals surface area contributed by atoms with Gasteiger partial charge in [-0.1, -0.05) is 92.8 Å². The molecule has 0 spiro atoms. The van der Waals surface area contributed by atoms with Crippen LogP contribution in [0.3, 0.4) is 0 Å². The maximum Gasteiger partial charge on any atom is 0.261 e. The highest BCUT2D eigenvalue weighted by Crippen LogP contribution is 2.43. The van der Waals surface area contributed by atoms with Gasteiger partial charge in [0.05, 0.1) is 23.9 Å². The maximum absolute atomic E-state index is 13.8. The Bertz CT molecular complexity index is 2280. The van der Waals surface area contributed by atoms with Crippen molar-refractivity contribution in [3.8, 4) is 17.3 Å². The van der Waals surface area contributed by atoms with Gasteiger partial charge < -0.3 is 19.5 Å². The second-order valence-corrected chi connectivity index (χ2v) is 20.6. The highest BCUT2D eigenvalue weighted by molar-refractivity contribution is 7.16. The molecule has 3 heterocycles. The number of thiazole rings is 1. The van der Waals surface area contributed by atoms with Crippen molar-refractivity contribution >= 4 is 57.4 Å². The van der Waals surface area contributed by atoms with E-state index in [2.05, 4.69) is 121 Å². The van der Waals surface area contributed by atoms with Crippen molar-refractivity contribution in [2.24, 2.45) is 0 Å². The Morgan fingerprint density at radius 2 is 1.67 bits per heavy atom. The molecule has 2 aliphatic rings. The van der Waals surface area contributed by atoms with E-state index in [1.807, 2.05) is 7.05 Å². The van der Waals surface area contributed by atoms with Crippen molar-refractivity contribution in [1.29, 1.82) is 5.26 Å². The number of piperazine rings is 1. The summed E-state index contributed by atoms with van der Waals surface area (Å²) in [5.41, 5.74) is 6.85. The monoisotopic (exact) mass is 752 g/mol. The predicted molar refractivity (Wildman–Crippen MR) is 222 cm³/mol. The minimum atomic E-state index is -2.73. The van der Waals surface area contributed by atoms with E-state index in [4.69, 9.17) is 14.4 Å². The number of fused-ring (bicyclic) bond motifs is 2. The number of aromatic nitrogens is 2. The molecule has 1 aliphatic carbocycles. The molecule has 0 amide bonds. The molecule has 54 heavy (non-hydrogen) atoms. The molecule has 7 nitrogen and oxygen atoms in total. The summed E-state index contributed by atoms with van der Waals surface area (Å²) < 4.78 is 21.3. The molecule has 1 N–H and O–H groups in total. The summed E-state index contributed by atoms with van der Waals surface area (Å²) in [6, 6.07) is 37.0. The van der Waals surface area contributed by atoms with Crippen molar-refractivity contribution < 1.29 is 8.82 Å². The summed E-state index contributed by atoms with van der Waals surface area (Å²) in [6.45, 7) is 10.1. The van der Waals surface area contributed by atoms with Crippen molar-refractivity contribution in [2.45, 2.75) is 51.1 Å². The Kier molecular flexibility index (Phi) is 9.83. The number of hydrogen-bond acceptors (Lipinski definition) is 8. The molecule has 0 unspecified atom stereocenters. The van der Waals surface area contributed by atoms with E-state index in [1.54, 1.807) is 12.1 Å². The van der Waals surface area contributed by atoms with Crippen LogP contribution in [-0.4, -0.2) is 57.6 Å². The van der Waals surface area contributed by atoms with E-state index >= 15 is 0 Å². The van der Waals surface area contributed by atoms with Gasteiger partial charge in [-0.15, -0.1) is 0 Å². The third-order valence-corrected chi connectivity index (χ3v) is 17.1. The first kappa shape index (κ1) is 36.1. The van der Waals surface area contributed by atoms with E-state index < -0.39 is 8.32 Å². The second kappa shape index (κ2) is 14.7. The normalized spacial score (nSPS) is 16.0. The number of nitrogens with one attached hydrogen (secondary N) is 1. The zero-order valence-electron chi connectivity index (χ0n) is 31.3. The summed E-state index contributed by atoms with van der Waals surface area (Å²) in [5, 5.41) is 18.0. The standard InChI is InChI=1S/C44H45FN6OSSi/c1-44(2,3)54(34-12-7-5-8-13-34,35-14-9-6-10-15-35)52-29-33-28-47-24-25-51(33)32-22-23-39-37(26-32)42(36-16-11-17-38(36)48-39)50(4)43-49-41(40(27-46)53-43)30-18-20-31(45)21-19-30/h5-10,12-15,18-23,26,33,47H,11,16-17,24-25,28-29H2,1-4H3/t33-/m1/s1. The Labute approximate surface area is 322 Å². The number of rotatable bonds is 9. The molecule has 0 saturated carbocycles. The largest absolute Gasteiger partial charge is 0.405 e. The van der Waals surface area contributed by atoms with Crippen LogP contribution in [0.25, 0.3) is 22.2 Å². The van der Waals surface area contributed by atoms with Gasteiger partial charge >= 0.3 is 0 Å². The fraction of sp³-hybridized carbons (Fsp3) is 0.295. The minimum Gasteiger partial charge on any atom is -0.405 e. The summed E-state index contributed by atoms with van der Waals surface area (Å²) in [5.74, 6) is -0.319. The number of hydrogen-bond donors (Lipinski definition) is 1. The molecule has 6 aromatic rings. The fourth-order valence-electron chi connectivity index (χ4n) is 8.45. The third kappa shape index (κ3) is 6.49. The lowest BCUT2D eigenvalue weighted by molar-refractivity contribution is 0.253. The van der Waals surface area contributed by atoms with Gasteiger partial charge in [0.1, 0.15) is 22.5 Å². The second-order valence-electron chi connectivity index (χ2n) is 15.3. The van der Waals surface area contributed by atoms with Gasteiger partial charge in [0.25, 0.3) is 8.32 Å². The number of benzene rings is 4. The van der Waals surface area contributed by atoms with E-state index in [9.17, 15) is 9.65 Å². The van der Waals surface area contributed by atoms with Gasteiger partial charge in [0.15, 0.2) is 5.13 Å². The minimum absolute atomic E-state index is 0.108. The highest BCUT2D eigenvalue weighted by atomic mass is 32.1. The molecule has 0 bridgehead atoms. The lowest BCUT2D eigenvalue weighted by atomic mass is 10.0. The summed E-state index contributed by atoms with van der Waals surface area (Å²) in [6.07, 6.45) is 2.93. The predicted octanol–water partition coefficient (Wildman–Crippen LogP) is 7.98. The van der Waals surface area contributed by atoms with Crippen LogP contribution >= 0.6 is 11.3 Å². The van der Waals surface area contributed by atoms with Gasteiger partial charge in [0.2, 0.25) is 0 Å². The molecule has 4 aromatic carbocycles. The van der Waals surface area contributed by atoms with Crippen LogP contribution in [0, 0.1) is 17.1 Å². The smallest absolute Gasteiger partial charge is 0.261 e. The van der Waals surface area contributed by atoms with Gasteiger partial charge in [-0.2, -0.15) is 5.26 Å². The van der Waals surface area contributed by atoms with Crippen molar-refractivity contribution in [1.82, 2.24) is 15.3 Å². The molecule has 1 aliphatic heterocycles. The van der Waals surface area contributed by atoms with Gasteiger partial charge in [-0.3, -0.25) is 4.98 Å². The van der Waals surface area contributed by atoms with E-state index in [-0.39, 0.29) is 16.9 Å². The van der Waals surface area contributed by atoms with Crippen LogP contribution < -0.4 is 25.5 Å². The number of halogens is 1. The molecule has 0 radical (unpaired) electrons. The van der Waals surface area contributed by atoms with Crippen molar-refractivity contribution in [2.75, 3.05) is 43.1 Å². The van der Waals surface area contributed by atoms with E-state index in [0.29, 0.717) is 17.2 Å². The molecular weight excluding hydrogens is 708 g/mol. The molecular formula is C44H45FN6OSSi. The molecule has 1 saturated heterocycles. The van der Waals surface area contributed by atoms with Gasteiger partial charge in [-0.25, -0.2) is 9.37 Å². The summed E-state index contributed by atoms with van der Waals surface area (Å²) in [4.78, 5) is 15.3. The molecule has 10 heteroatoms. The Balaban J connectivity index is 1.17. The van der Waals surface area contributed by atoms with Crippen LogP contribution in [0.5, 0.6) is 0 Å². The quantitative estimate of drug-likeness (QED) is 0.150. The topological polar surface area (TPSA) is 77.3 Å². The fourth-order valence-corrected chi connectivity index (χ4v) is 13.9. The lowest BCUT2D eigenvalue weighted by Crippen LogP contribution is -2.68. The molecule has 2 aromatic heterocycles. The summed E-state index contributed by atoms with van der Waals surface area (Å²) >= 11 is 1.36. The van der Waals surface area contributed by atoms with Crippen LogP contribution in [0.4, 0.5) is 20.9 Å². The SMILES string of the molecule is CN(c1nc(-c2ccc(F)cc2)c(C#N)s1)c1c2c(nc3ccc(N4CCNC[C@@H]4CO[Si](c4ccccc4)(c4ccccc4)C(C)(C)C)cc13)CCC2. The summed E-state index contributed by atoms with van der Waals surface area (Å²) in [7, 11) is -0.691. The number of pyridine rings is 1. The van der Waals surface area contributed by atoms with Crippen molar-refractivity contribution in [3.63, 3.8) is 0 Å². The van der Waals surface area contributed by atoms with Gasteiger partial charge in [0, 0.05) is 49.0 Å². The average Bonchev–Trinajstić information content (AvgIpc) is 3.85. The highest BCUT2D eigenvalue weighted by Gasteiger charge is 2.50. The molecule has 8 rings (SSSR count). The maximum atomic E-state index is 13.8. The average molecular weight is 753 g/mol. The number of nitrogens with zero attached hydrogens (tertiary/aromatic N) is 5. The number of nitriles is 1. The van der Waals surface area contributed by atoms with Gasteiger partial charge in [-0.05, 0) is 82.7 Å². The zero-order chi connectivity index (χ0) is 37.5. The first-order valence-corrected chi connectivity index (χ1v) is 21.5. The Hall–Kier alpha value is -4.92. The molecule has 1 atom stereocenters. The van der Waals surface area contributed by atoms with Crippen molar-refractivity contribution in [3.05, 3.63) is 125 Å². The van der Waals surface area contributed by atoms with E-state index in [1.165, 1.54) is 39.4 Å². The van der Waals surface area contributed by atoms with Crippen LogP contribution in [0.1, 0.15) is 43.3 Å². The zero-order valence-corrected chi connectivity index (χ0v) is 33.1. The number of aryl methyl sites for hydroxylation is 1. The van der Waals surface area contributed by atoms with Crippen LogP contribution in [0.2, 0.25) is 5.04 Å². The first-order chi connectivity index (χ1) is 26.2.